The van der Waals surface area contributed by atoms with E-state index < -0.39 is 0 Å². The molecule has 0 aromatic carbocycles. The van der Waals surface area contributed by atoms with E-state index in [-0.39, 0.29) is 19.5 Å². The summed E-state index contributed by atoms with van der Waals surface area (Å²) in [5.41, 5.74) is 0. The molecule has 0 radical (unpaired) electrons. The molecule has 0 rings (SSSR count). The second kappa shape index (κ2) is 6.85. The van der Waals surface area contributed by atoms with E-state index in [0.29, 0.717) is 4.32 Å². The molecule has 9 heavy (non-hydrogen) atoms. The van der Waals surface area contributed by atoms with Crippen LogP contribution in [0.2, 0.25) is 0 Å². The molecule has 0 saturated heterocycles. The van der Waals surface area contributed by atoms with Crippen molar-refractivity contribution in [2.45, 2.75) is 13.8 Å². The first-order valence-electron chi connectivity index (χ1n) is 2.68. The molecule has 0 aliphatic carbocycles. The maximum absolute atomic E-state index is 4.76. The summed E-state index contributed by atoms with van der Waals surface area (Å²) in [6, 6.07) is 0. The molecule has 0 saturated carbocycles. The number of hydrogen-bond acceptors (Lipinski definition) is 2. The van der Waals surface area contributed by atoms with E-state index in [1.165, 1.54) is 0 Å². The Balaban J connectivity index is 0. The zero-order chi connectivity index (χ0) is 6.57. The molecular weight excluding hydrogens is 204 g/mol. The van der Waals surface area contributed by atoms with E-state index in [0.717, 1.165) is 13.1 Å². The van der Waals surface area contributed by atoms with Crippen LogP contribution in [0.3, 0.4) is 0 Å². The Kier molecular flexibility index (Phi) is 9.45. The van der Waals surface area contributed by atoms with Crippen molar-refractivity contribution in [1.29, 1.82) is 0 Å². The van der Waals surface area contributed by atoms with Gasteiger partial charge in [-0.05, 0) is 13.8 Å². The van der Waals surface area contributed by atoms with Gasteiger partial charge in [0.2, 0.25) is 0 Å². The molecule has 1 nitrogen and oxygen atoms in total. The Bertz CT molecular complexity index is 83.0. The van der Waals surface area contributed by atoms with E-state index >= 15 is 0 Å². The van der Waals surface area contributed by atoms with Crippen LogP contribution in [0.5, 0.6) is 0 Å². The van der Waals surface area contributed by atoms with Crippen LogP contribution >= 0.6 is 12.2 Å². The summed E-state index contributed by atoms with van der Waals surface area (Å²) in [5.74, 6) is 0. The summed E-state index contributed by atoms with van der Waals surface area (Å²) >= 11 is 9.51. The SMILES string of the molecule is CCN(CC)C(=S)[S-].[Zn]. The Morgan fingerprint density at radius 1 is 1.44 bits per heavy atom. The number of thiocarbonyl (C=S) groups is 1. The van der Waals surface area contributed by atoms with Crippen molar-refractivity contribution in [3.8, 4) is 0 Å². The summed E-state index contributed by atoms with van der Waals surface area (Å²) in [4.78, 5) is 1.96. The van der Waals surface area contributed by atoms with Gasteiger partial charge < -0.3 is 29.7 Å². The Morgan fingerprint density at radius 2 is 1.78 bits per heavy atom. The third-order valence-electron chi connectivity index (χ3n) is 1.02. The largest absolute Gasteiger partial charge is 0.411 e. The van der Waals surface area contributed by atoms with Crippen LogP contribution in [0.1, 0.15) is 13.8 Å². The van der Waals surface area contributed by atoms with Gasteiger partial charge in [-0.1, -0.05) is 4.32 Å². The van der Waals surface area contributed by atoms with Crippen LogP contribution in [0.15, 0.2) is 0 Å². The zero-order valence-electron chi connectivity index (χ0n) is 5.89. The maximum Gasteiger partial charge on any atom is 0.0133 e. The molecule has 50 valence electrons. The van der Waals surface area contributed by atoms with E-state index in [4.69, 9.17) is 24.8 Å². The molecule has 0 aromatic rings. The predicted molar refractivity (Wildman–Crippen MR) is 42.9 cm³/mol. The van der Waals surface area contributed by atoms with E-state index in [1.54, 1.807) is 0 Å². The maximum atomic E-state index is 4.76. The van der Waals surface area contributed by atoms with Gasteiger partial charge in [-0.15, -0.1) is 0 Å². The van der Waals surface area contributed by atoms with E-state index in [9.17, 15) is 0 Å². The fourth-order valence-corrected chi connectivity index (χ4v) is 0.998. The molecule has 0 atom stereocenters. The zero-order valence-corrected chi connectivity index (χ0v) is 10.5. The van der Waals surface area contributed by atoms with Gasteiger partial charge in [-0.25, -0.2) is 0 Å². The summed E-state index contributed by atoms with van der Waals surface area (Å²) in [7, 11) is 0. The first kappa shape index (κ1) is 12.4. The molecule has 0 aliphatic heterocycles. The average molecular weight is 214 g/mol. The Labute approximate surface area is 80.4 Å². The smallest absolute Gasteiger partial charge is 0.0133 e. The van der Waals surface area contributed by atoms with Gasteiger partial charge in [0.05, 0.1) is 0 Å². The molecule has 4 heteroatoms. The van der Waals surface area contributed by atoms with Crippen molar-refractivity contribution in [1.82, 2.24) is 4.90 Å². The topological polar surface area (TPSA) is 3.24 Å². The fraction of sp³-hybridized carbons (Fsp3) is 0.800. The summed E-state index contributed by atoms with van der Waals surface area (Å²) in [6.45, 7) is 5.95. The van der Waals surface area contributed by atoms with Gasteiger partial charge in [0.25, 0.3) is 0 Å². The van der Waals surface area contributed by atoms with Gasteiger partial charge in [0.15, 0.2) is 0 Å². The minimum absolute atomic E-state index is 0. The van der Waals surface area contributed by atoms with Gasteiger partial charge in [-0.2, -0.15) is 0 Å². The number of rotatable bonds is 2. The Morgan fingerprint density at radius 3 is 1.78 bits per heavy atom. The van der Waals surface area contributed by atoms with Crippen LogP contribution in [-0.4, -0.2) is 22.3 Å². The minimum atomic E-state index is 0. The van der Waals surface area contributed by atoms with Crippen molar-refractivity contribution in [2.75, 3.05) is 13.1 Å². The van der Waals surface area contributed by atoms with Crippen molar-refractivity contribution < 1.29 is 19.5 Å². The second-order valence-corrected chi connectivity index (χ2v) is 2.47. The van der Waals surface area contributed by atoms with Crippen molar-refractivity contribution in [2.24, 2.45) is 0 Å². The molecule has 0 bridgehead atoms. The van der Waals surface area contributed by atoms with Crippen molar-refractivity contribution >= 4 is 29.2 Å². The second-order valence-electron chi connectivity index (χ2n) is 1.44. The standard InChI is InChI=1S/C5H11NS2.Zn/c1-3-6(4-2)5(7)8;/h3-4H2,1-2H3,(H,7,8);/p-1. The van der Waals surface area contributed by atoms with Crippen LogP contribution < -0.4 is 0 Å². The van der Waals surface area contributed by atoms with Crippen LogP contribution in [0.25, 0.3) is 0 Å². The van der Waals surface area contributed by atoms with Crippen LogP contribution in [-0.2, 0) is 32.1 Å². The third kappa shape index (κ3) is 5.19. The number of hydrogen-bond donors (Lipinski definition) is 0. The molecule has 0 aromatic heterocycles. The molecule has 0 heterocycles. The van der Waals surface area contributed by atoms with Gasteiger partial charge in [0, 0.05) is 32.6 Å². The average Bonchev–Trinajstić information content (AvgIpc) is 1.69. The minimum Gasteiger partial charge on any atom is -0.411 e. The molecular formula is C5H10NS2Zn-. The summed E-state index contributed by atoms with van der Waals surface area (Å²) < 4.78 is 0.579. The first-order chi connectivity index (χ1) is 3.72. The molecule has 0 amide bonds. The Hall–Kier alpha value is 0.733. The third-order valence-corrected chi connectivity index (χ3v) is 1.54. The quantitative estimate of drug-likeness (QED) is 0.385. The normalized spacial score (nSPS) is 7.78. The molecule has 0 aliphatic rings. The predicted octanol–water partition coefficient (Wildman–Crippen LogP) is 1.16. The molecule has 0 unspecified atom stereocenters. The van der Waals surface area contributed by atoms with Gasteiger partial charge >= 0.3 is 0 Å². The number of nitrogens with zero attached hydrogens (tertiary/aromatic N) is 1. The molecule has 0 spiro atoms. The molecule has 0 fully saturated rings. The molecule has 0 N–H and O–H groups in total. The van der Waals surface area contributed by atoms with Crippen molar-refractivity contribution in [3.05, 3.63) is 0 Å². The fourth-order valence-electron chi connectivity index (χ4n) is 0.482. The van der Waals surface area contributed by atoms with E-state index in [1.807, 2.05) is 18.7 Å². The van der Waals surface area contributed by atoms with Crippen LogP contribution in [0, 0.1) is 0 Å². The first-order valence-corrected chi connectivity index (χ1v) is 3.50. The van der Waals surface area contributed by atoms with Gasteiger partial charge in [-0.3, -0.25) is 0 Å². The van der Waals surface area contributed by atoms with E-state index in [2.05, 4.69) is 0 Å². The monoisotopic (exact) mass is 212 g/mol. The summed E-state index contributed by atoms with van der Waals surface area (Å²) in [6.07, 6.45) is 0. The van der Waals surface area contributed by atoms with Crippen molar-refractivity contribution in [3.63, 3.8) is 0 Å². The van der Waals surface area contributed by atoms with Crippen LogP contribution in [0.4, 0.5) is 0 Å². The van der Waals surface area contributed by atoms with Gasteiger partial charge in [0.1, 0.15) is 0 Å². The summed E-state index contributed by atoms with van der Waals surface area (Å²) in [5, 5.41) is 0.